The molecule has 45 heavy (non-hydrogen) atoms. The lowest BCUT2D eigenvalue weighted by atomic mass is 10.0. The molecule has 2 amide bonds. The van der Waals surface area contributed by atoms with E-state index in [1.165, 1.54) is 35.8 Å². The number of thiazole rings is 1. The lowest BCUT2D eigenvalue weighted by Crippen LogP contribution is -2.71. The number of amides is 2. The molecule has 1 fully saturated rings. The van der Waals surface area contributed by atoms with Gasteiger partial charge in [0.25, 0.3) is 11.8 Å². The summed E-state index contributed by atoms with van der Waals surface area (Å²) < 4.78 is 0. The molecule has 0 saturated carbocycles. The number of rotatable bonds is 10. The van der Waals surface area contributed by atoms with Gasteiger partial charge in [-0.2, -0.15) is 0 Å². The minimum atomic E-state index is -1.38. The van der Waals surface area contributed by atoms with Crippen molar-refractivity contribution in [2.45, 2.75) is 37.0 Å². The standard InChI is InChI=1S/C26H27N9O7S3/c1-11(23(38)39)42-33-17(14-10-44-25(29)30-14)20(36)32-18-21(37)35-19(24(40)41)12(8-43-22(18)35)9-45-26-31-15(27)7-16(28)34(26)13-5-3-2-4-6-13/h2-6,10-11,16,18,22,27H,7-9,28H2,1H3,(H2,29,30)(H,32,36)(H,38,39)(H,40,41)/t11-,16?,18?,22-/m0/s1. The molecule has 0 spiro atoms. The highest BCUT2D eigenvalue weighted by Gasteiger charge is 2.54. The van der Waals surface area contributed by atoms with Crippen LogP contribution in [0.1, 0.15) is 19.0 Å². The lowest BCUT2D eigenvalue weighted by molar-refractivity contribution is -0.150. The molecule has 3 aliphatic heterocycles. The molecule has 5 rings (SSSR count). The number of para-hydroxylation sites is 1. The Balaban J connectivity index is 1.33. The zero-order chi connectivity index (χ0) is 32.4. The lowest BCUT2D eigenvalue weighted by Gasteiger charge is -2.49. The van der Waals surface area contributed by atoms with E-state index in [4.69, 9.17) is 26.8 Å². The Hall–Kier alpha value is -4.46. The number of fused-ring (bicyclic) bond motifs is 1. The fourth-order valence-corrected chi connectivity index (χ4v) is 7.69. The number of benzene rings is 1. The average molecular weight is 674 g/mol. The number of thioether (sulfide) groups is 2. The number of hydrogen-bond acceptors (Lipinski definition) is 14. The van der Waals surface area contributed by atoms with Gasteiger partial charge in [-0.15, -0.1) is 23.1 Å². The smallest absolute Gasteiger partial charge is 0.352 e. The van der Waals surface area contributed by atoms with Crippen molar-refractivity contribution in [1.29, 1.82) is 5.41 Å². The molecule has 0 radical (unpaired) electrons. The highest BCUT2D eigenvalue weighted by molar-refractivity contribution is 8.14. The monoisotopic (exact) mass is 673 g/mol. The maximum atomic E-state index is 13.3. The van der Waals surface area contributed by atoms with Gasteiger partial charge in [-0.05, 0) is 24.6 Å². The highest BCUT2D eigenvalue weighted by Crippen LogP contribution is 2.41. The molecule has 3 aliphatic rings. The van der Waals surface area contributed by atoms with Crippen molar-refractivity contribution in [3.05, 3.63) is 52.7 Å². The zero-order valence-corrected chi connectivity index (χ0v) is 25.9. The summed E-state index contributed by atoms with van der Waals surface area (Å²) >= 11 is 3.50. The number of anilines is 2. The molecule has 2 unspecified atom stereocenters. The van der Waals surface area contributed by atoms with Crippen LogP contribution in [0.15, 0.2) is 57.1 Å². The van der Waals surface area contributed by atoms with Crippen LogP contribution in [0.3, 0.4) is 0 Å². The third kappa shape index (κ3) is 6.65. The number of β-lactam (4-membered cyclic amide) rings is 1. The molecular weight excluding hydrogens is 647 g/mol. The van der Waals surface area contributed by atoms with Crippen LogP contribution < -0.4 is 21.7 Å². The van der Waals surface area contributed by atoms with E-state index < -0.39 is 53.2 Å². The Labute approximate surface area is 268 Å². The van der Waals surface area contributed by atoms with Crippen LogP contribution in [0.2, 0.25) is 0 Å². The second-order valence-electron chi connectivity index (χ2n) is 9.82. The van der Waals surface area contributed by atoms with Gasteiger partial charge in [0, 0.05) is 29.0 Å². The fraction of sp³-hybridized carbons (Fsp3) is 0.308. The number of aliphatic carboxylic acids is 2. The van der Waals surface area contributed by atoms with Crippen LogP contribution in [0, 0.1) is 5.41 Å². The van der Waals surface area contributed by atoms with Gasteiger partial charge in [-0.25, -0.2) is 19.6 Å². The number of aliphatic imine (C=N–C) groups is 1. The summed E-state index contributed by atoms with van der Waals surface area (Å²) in [5.41, 5.74) is 12.7. The van der Waals surface area contributed by atoms with Gasteiger partial charge in [0.1, 0.15) is 28.6 Å². The van der Waals surface area contributed by atoms with Crippen molar-refractivity contribution in [3.8, 4) is 0 Å². The van der Waals surface area contributed by atoms with Crippen molar-refractivity contribution in [1.82, 2.24) is 15.2 Å². The van der Waals surface area contributed by atoms with E-state index in [-0.39, 0.29) is 40.3 Å². The zero-order valence-electron chi connectivity index (χ0n) is 23.4. The first-order valence-corrected chi connectivity index (χ1v) is 16.1. The Morgan fingerprint density at radius 3 is 2.64 bits per heavy atom. The van der Waals surface area contributed by atoms with Crippen LogP contribution >= 0.6 is 34.9 Å². The molecule has 19 heteroatoms. The van der Waals surface area contributed by atoms with Crippen LogP contribution in [0.25, 0.3) is 0 Å². The van der Waals surface area contributed by atoms with Gasteiger partial charge in [0.2, 0.25) is 6.10 Å². The second-order valence-corrected chi connectivity index (χ2v) is 12.8. The molecule has 1 aromatic heterocycles. The normalized spacial score (nSPS) is 22.3. The number of hydrogen-bond donors (Lipinski definition) is 6. The molecule has 0 aliphatic carbocycles. The summed E-state index contributed by atoms with van der Waals surface area (Å²) in [6, 6.07) is 8.18. The third-order valence-electron chi connectivity index (χ3n) is 6.75. The summed E-state index contributed by atoms with van der Waals surface area (Å²) in [5, 5.41) is 34.8. The number of carboxylic acids is 2. The number of nitrogens with two attached hydrogens (primary N) is 2. The Kier molecular flexibility index (Phi) is 9.42. The summed E-state index contributed by atoms with van der Waals surface area (Å²) in [4.78, 5) is 66.3. The number of carbonyl (C=O) groups is 4. The van der Waals surface area contributed by atoms with Gasteiger partial charge in [-0.1, -0.05) is 35.1 Å². The summed E-state index contributed by atoms with van der Waals surface area (Å²) in [5.74, 6) is -3.65. The minimum Gasteiger partial charge on any atom is -0.478 e. The molecule has 16 nitrogen and oxygen atoms in total. The van der Waals surface area contributed by atoms with Gasteiger partial charge >= 0.3 is 11.9 Å². The summed E-state index contributed by atoms with van der Waals surface area (Å²) in [6.45, 7) is 1.22. The van der Waals surface area contributed by atoms with Gasteiger partial charge in [0.15, 0.2) is 16.0 Å². The number of nitrogen functional groups attached to an aromatic ring is 1. The maximum Gasteiger partial charge on any atom is 0.352 e. The Morgan fingerprint density at radius 2 is 2.00 bits per heavy atom. The first-order valence-electron chi connectivity index (χ1n) is 13.2. The van der Waals surface area contributed by atoms with Gasteiger partial charge in [-0.3, -0.25) is 19.9 Å². The van der Waals surface area contributed by atoms with E-state index in [1.54, 1.807) is 4.90 Å². The second kappa shape index (κ2) is 13.3. The fourth-order valence-electron chi connectivity index (χ4n) is 4.57. The third-order valence-corrected chi connectivity index (χ3v) is 9.80. The predicted octanol–water partition coefficient (Wildman–Crippen LogP) is 0.919. The molecule has 4 atom stereocenters. The number of carboxylic acid groups (broad SMARTS) is 2. The highest BCUT2D eigenvalue weighted by atomic mass is 32.2. The van der Waals surface area contributed by atoms with Crippen LogP contribution in [-0.4, -0.2) is 95.8 Å². The van der Waals surface area contributed by atoms with Crippen molar-refractivity contribution in [2.75, 3.05) is 22.1 Å². The van der Waals surface area contributed by atoms with E-state index in [9.17, 15) is 24.3 Å². The number of nitrogens with one attached hydrogen (secondary N) is 2. The van der Waals surface area contributed by atoms with Crippen molar-refractivity contribution >= 4 is 86.1 Å². The number of amidine groups is 2. The summed E-state index contributed by atoms with van der Waals surface area (Å²) in [6.07, 6.45) is -1.67. The number of oxime groups is 1. The Bertz CT molecular complexity index is 1640. The first-order chi connectivity index (χ1) is 21.5. The molecule has 236 valence electrons. The van der Waals surface area contributed by atoms with Crippen LogP contribution in [0.4, 0.5) is 10.8 Å². The van der Waals surface area contributed by atoms with E-state index in [0.29, 0.717) is 10.7 Å². The van der Waals surface area contributed by atoms with Crippen molar-refractivity contribution < 1.29 is 34.2 Å². The van der Waals surface area contributed by atoms with Gasteiger partial charge in [0.05, 0.1) is 6.17 Å². The molecular formula is C26H27N9O7S3. The molecule has 8 N–H and O–H groups in total. The first kappa shape index (κ1) is 31.9. The maximum absolute atomic E-state index is 13.3. The quantitative estimate of drug-likeness (QED) is 0.117. The van der Waals surface area contributed by atoms with E-state index in [2.05, 4.69) is 20.4 Å². The number of carbonyl (C=O) groups excluding carboxylic acids is 2. The van der Waals surface area contributed by atoms with Crippen LogP contribution in [0.5, 0.6) is 0 Å². The predicted molar refractivity (Wildman–Crippen MR) is 170 cm³/mol. The molecule has 4 heterocycles. The minimum absolute atomic E-state index is 0.0147. The molecule has 1 saturated heterocycles. The summed E-state index contributed by atoms with van der Waals surface area (Å²) in [7, 11) is 0. The topological polar surface area (TPSA) is 250 Å². The molecule has 2 aromatic rings. The Morgan fingerprint density at radius 1 is 1.27 bits per heavy atom. The largest absolute Gasteiger partial charge is 0.478 e. The van der Waals surface area contributed by atoms with Gasteiger partial charge < -0.3 is 36.7 Å². The van der Waals surface area contributed by atoms with E-state index >= 15 is 0 Å². The SMILES string of the molecule is C[C@H](ON=C(C(=O)NC1C(=O)N2C(C(=O)O)=C(CSC3=NC(=N)CC(N)N3c3ccccc3)CS[C@@H]12)c1csc(N)n1)C(=O)O. The molecule has 0 bridgehead atoms. The van der Waals surface area contributed by atoms with Crippen LogP contribution in [-0.2, 0) is 24.0 Å². The van der Waals surface area contributed by atoms with E-state index in [1.807, 2.05) is 30.3 Å². The number of nitrogens with zero attached hydrogens (tertiary/aromatic N) is 5. The van der Waals surface area contributed by atoms with E-state index in [0.717, 1.165) is 21.9 Å². The van der Waals surface area contributed by atoms with Crippen molar-refractivity contribution in [3.63, 3.8) is 0 Å². The number of aromatic nitrogens is 1. The molecule has 1 aromatic carbocycles. The average Bonchev–Trinajstić information content (AvgIpc) is 3.43. The van der Waals surface area contributed by atoms with Crippen molar-refractivity contribution in [2.24, 2.45) is 15.9 Å².